The van der Waals surface area contributed by atoms with Crippen molar-refractivity contribution in [2.75, 3.05) is 0 Å². The monoisotopic (exact) mass is 211 g/mol. The van der Waals surface area contributed by atoms with Gasteiger partial charge in [0.15, 0.2) is 0 Å². The lowest BCUT2D eigenvalue weighted by molar-refractivity contribution is 0.316. The van der Waals surface area contributed by atoms with Gasteiger partial charge < -0.3 is 5.73 Å². The van der Waals surface area contributed by atoms with Crippen molar-refractivity contribution >= 4 is 11.6 Å². The minimum atomic E-state index is -0.340. The molecule has 0 saturated heterocycles. The lowest BCUT2D eigenvalue weighted by atomic mass is 9.80. The minimum Gasteiger partial charge on any atom is -0.321 e. The molecule has 14 heavy (non-hydrogen) atoms. The zero-order valence-corrected chi connectivity index (χ0v) is 9.81. The first-order valence-corrected chi connectivity index (χ1v) is 5.41. The summed E-state index contributed by atoms with van der Waals surface area (Å²) in [6.07, 6.45) is 1.05. The molecule has 0 aliphatic heterocycles. The summed E-state index contributed by atoms with van der Waals surface area (Å²) in [5, 5.41) is 0.762. The van der Waals surface area contributed by atoms with Crippen LogP contribution in [0.3, 0.4) is 0 Å². The Balaban J connectivity index is 3.09. The maximum absolute atomic E-state index is 6.31. The number of hydrogen-bond acceptors (Lipinski definition) is 1. The third-order valence-corrected chi connectivity index (χ3v) is 3.42. The number of rotatable bonds is 3. The van der Waals surface area contributed by atoms with Crippen molar-refractivity contribution in [2.45, 2.75) is 32.7 Å². The number of halogens is 1. The molecule has 2 atom stereocenters. The molecule has 1 rings (SSSR count). The van der Waals surface area contributed by atoms with Gasteiger partial charge in [0, 0.05) is 10.6 Å². The Morgan fingerprint density at radius 3 is 2.50 bits per heavy atom. The molecular formula is C12H18ClN. The van der Waals surface area contributed by atoms with Crippen LogP contribution in [0.15, 0.2) is 24.3 Å². The average molecular weight is 212 g/mol. The van der Waals surface area contributed by atoms with Crippen molar-refractivity contribution in [2.24, 2.45) is 11.7 Å². The molecule has 2 heteroatoms. The molecule has 0 aromatic heterocycles. The fourth-order valence-corrected chi connectivity index (χ4v) is 1.93. The quantitative estimate of drug-likeness (QED) is 0.813. The Hall–Kier alpha value is -0.530. The smallest absolute Gasteiger partial charge is 0.0456 e. The lowest BCUT2D eigenvalue weighted by Gasteiger charge is -2.32. The SMILES string of the molecule is CCC(C)C(C)(N)c1ccccc1Cl. The van der Waals surface area contributed by atoms with Gasteiger partial charge in [0.1, 0.15) is 0 Å². The van der Waals surface area contributed by atoms with Gasteiger partial charge in [-0.15, -0.1) is 0 Å². The van der Waals surface area contributed by atoms with E-state index in [0.717, 1.165) is 17.0 Å². The van der Waals surface area contributed by atoms with E-state index in [4.69, 9.17) is 17.3 Å². The normalized spacial score (nSPS) is 17.5. The summed E-state index contributed by atoms with van der Waals surface area (Å²) in [5.41, 5.74) is 7.01. The molecule has 1 aromatic carbocycles. The molecular weight excluding hydrogens is 194 g/mol. The van der Waals surface area contributed by atoms with Crippen LogP contribution in [0.1, 0.15) is 32.8 Å². The molecule has 0 bridgehead atoms. The highest BCUT2D eigenvalue weighted by Crippen LogP contribution is 2.33. The van der Waals surface area contributed by atoms with Crippen molar-refractivity contribution in [1.29, 1.82) is 0 Å². The van der Waals surface area contributed by atoms with Gasteiger partial charge in [-0.3, -0.25) is 0 Å². The average Bonchev–Trinajstić information content (AvgIpc) is 2.17. The van der Waals surface area contributed by atoms with E-state index in [0.29, 0.717) is 5.92 Å². The Labute approximate surface area is 91.3 Å². The number of hydrogen-bond donors (Lipinski definition) is 1. The van der Waals surface area contributed by atoms with Crippen LogP contribution >= 0.6 is 11.6 Å². The van der Waals surface area contributed by atoms with Gasteiger partial charge in [-0.1, -0.05) is 50.1 Å². The van der Waals surface area contributed by atoms with Crippen LogP contribution in [-0.4, -0.2) is 0 Å². The predicted molar refractivity (Wildman–Crippen MR) is 62.4 cm³/mol. The molecule has 0 aliphatic carbocycles. The Morgan fingerprint density at radius 2 is 2.00 bits per heavy atom. The van der Waals surface area contributed by atoms with E-state index in [1.165, 1.54) is 0 Å². The topological polar surface area (TPSA) is 26.0 Å². The van der Waals surface area contributed by atoms with Gasteiger partial charge in [0.05, 0.1) is 0 Å². The summed E-state index contributed by atoms with van der Waals surface area (Å²) >= 11 is 6.13. The molecule has 0 aliphatic rings. The van der Waals surface area contributed by atoms with Crippen LogP contribution in [0.2, 0.25) is 5.02 Å². The molecule has 0 fully saturated rings. The Morgan fingerprint density at radius 1 is 1.43 bits per heavy atom. The first-order valence-electron chi connectivity index (χ1n) is 5.04. The van der Waals surface area contributed by atoms with E-state index >= 15 is 0 Å². The van der Waals surface area contributed by atoms with Gasteiger partial charge in [0.25, 0.3) is 0 Å². The molecule has 0 amide bonds. The summed E-state index contributed by atoms with van der Waals surface area (Å²) in [7, 11) is 0. The van der Waals surface area contributed by atoms with E-state index in [-0.39, 0.29) is 5.54 Å². The molecule has 0 spiro atoms. The van der Waals surface area contributed by atoms with Crippen molar-refractivity contribution in [3.63, 3.8) is 0 Å². The van der Waals surface area contributed by atoms with Gasteiger partial charge in [0.2, 0.25) is 0 Å². The molecule has 0 heterocycles. The second-order valence-corrected chi connectivity index (χ2v) is 4.48. The third kappa shape index (κ3) is 2.10. The van der Waals surface area contributed by atoms with E-state index in [1.807, 2.05) is 31.2 Å². The summed E-state index contributed by atoms with van der Waals surface area (Å²) < 4.78 is 0. The standard InChI is InChI=1S/C12H18ClN/c1-4-9(2)12(3,14)10-7-5-6-8-11(10)13/h5-9H,4,14H2,1-3H3. The Kier molecular flexibility index (Phi) is 3.57. The van der Waals surface area contributed by atoms with Crippen LogP contribution in [0.5, 0.6) is 0 Å². The van der Waals surface area contributed by atoms with E-state index in [9.17, 15) is 0 Å². The molecule has 0 saturated carbocycles. The molecule has 2 unspecified atom stereocenters. The highest BCUT2D eigenvalue weighted by Gasteiger charge is 2.28. The van der Waals surface area contributed by atoms with Crippen LogP contribution in [-0.2, 0) is 5.54 Å². The highest BCUT2D eigenvalue weighted by atomic mass is 35.5. The third-order valence-electron chi connectivity index (χ3n) is 3.09. The molecule has 2 N–H and O–H groups in total. The van der Waals surface area contributed by atoms with Gasteiger partial charge in [-0.2, -0.15) is 0 Å². The summed E-state index contributed by atoms with van der Waals surface area (Å²) in [4.78, 5) is 0. The second kappa shape index (κ2) is 4.33. The number of nitrogens with two attached hydrogens (primary N) is 1. The van der Waals surface area contributed by atoms with E-state index in [2.05, 4.69) is 13.8 Å². The zero-order valence-electron chi connectivity index (χ0n) is 9.05. The summed E-state index contributed by atoms with van der Waals surface area (Å²) in [6, 6.07) is 7.81. The largest absolute Gasteiger partial charge is 0.321 e. The summed E-state index contributed by atoms with van der Waals surface area (Å²) in [6.45, 7) is 6.35. The molecule has 1 nitrogen and oxygen atoms in total. The second-order valence-electron chi connectivity index (χ2n) is 4.07. The van der Waals surface area contributed by atoms with Crippen LogP contribution in [0.25, 0.3) is 0 Å². The predicted octanol–water partition coefficient (Wildman–Crippen LogP) is 3.56. The maximum Gasteiger partial charge on any atom is 0.0456 e. The van der Waals surface area contributed by atoms with Crippen LogP contribution in [0, 0.1) is 5.92 Å². The molecule has 78 valence electrons. The van der Waals surface area contributed by atoms with E-state index < -0.39 is 0 Å². The fraction of sp³-hybridized carbons (Fsp3) is 0.500. The minimum absolute atomic E-state index is 0.340. The van der Waals surface area contributed by atoms with Gasteiger partial charge in [-0.05, 0) is 24.5 Å². The maximum atomic E-state index is 6.31. The number of benzene rings is 1. The Bertz CT molecular complexity index is 307. The molecule has 1 aromatic rings. The molecule has 0 radical (unpaired) electrons. The van der Waals surface area contributed by atoms with Gasteiger partial charge >= 0.3 is 0 Å². The fourth-order valence-electron chi connectivity index (χ4n) is 1.59. The van der Waals surface area contributed by atoms with Crippen LogP contribution < -0.4 is 5.73 Å². The summed E-state index contributed by atoms with van der Waals surface area (Å²) in [5.74, 6) is 0.419. The van der Waals surface area contributed by atoms with Crippen molar-refractivity contribution in [3.8, 4) is 0 Å². The van der Waals surface area contributed by atoms with Crippen molar-refractivity contribution in [1.82, 2.24) is 0 Å². The van der Waals surface area contributed by atoms with Crippen LogP contribution in [0.4, 0.5) is 0 Å². The van der Waals surface area contributed by atoms with Gasteiger partial charge in [-0.25, -0.2) is 0 Å². The highest BCUT2D eigenvalue weighted by molar-refractivity contribution is 6.31. The lowest BCUT2D eigenvalue weighted by Crippen LogP contribution is -2.39. The van der Waals surface area contributed by atoms with E-state index in [1.54, 1.807) is 0 Å². The zero-order chi connectivity index (χ0) is 10.8. The van der Waals surface area contributed by atoms with Crippen molar-refractivity contribution < 1.29 is 0 Å². The first kappa shape index (κ1) is 11.5. The first-order chi connectivity index (χ1) is 6.50. The van der Waals surface area contributed by atoms with Crippen molar-refractivity contribution in [3.05, 3.63) is 34.9 Å².